The summed E-state index contributed by atoms with van der Waals surface area (Å²) in [5.74, 6) is 0. The predicted octanol–water partition coefficient (Wildman–Crippen LogP) is 2.25. The summed E-state index contributed by atoms with van der Waals surface area (Å²) in [5, 5.41) is 7.07. The maximum atomic E-state index is 6.16. The molecule has 0 spiro atoms. The van der Waals surface area contributed by atoms with Crippen LogP contribution < -0.4 is 0 Å². The highest BCUT2D eigenvalue weighted by molar-refractivity contribution is 5.30. The Morgan fingerprint density at radius 3 is 2.53 bits per heavy atom. The van der Waals surface area contributed by atoms with Crippen molar-refractivity contribution in [2.75, 3.05) is 27.2 Å². The lowest BCUT2D eigenvalue weighted by Gasteiger charge is -2.30. The molecule has 0 fully saturated rings. The Morgan fingerprint density at radius 1 is 1.21 bits per heavy atom. The first-order valence-electron chi connectivity index (χ1n) is 6.47. The van der Waals surface area contributed by atoms with Gasteiger partial charge in [0.25, 0.3) is 0 Å². The maximum Gasteiger partial charge on any atom is 0.132 e. The number of nitrogens with zero attached hydrogens (tertiary/aromatic N) is 2. The summed E-state index contributed by atoms with van der Waals surface area (Å²) in [4.78, 5) is 2.11. The lowest BCUT2D eigenvalue weighted by Crippen LogP contribution is -2.31. The molecular formula is C15H21N3O. The molecule has 1 aromatic heterocycles. The summed E-state index contributed by atoms with van der Waals surface area (Å²) in [6.07, 6.45) is 1.76. The van der Waals surface area contributed by atoms with Crippen LogP contribution in [0.5, 0.6) is 0 Å². The predicted molar refractivity (Wildman–Crippen MR) is 76.0 cm³/mol. The minimum absolute atomic E-state index is 0.492. The molecule has 0 radical (unpaired) electrons. The Kier molecular flexibility index (Phi) is 4.35. The molecule has 0 aliphatic rings. The molecule has 2 aromatic rings. The molecule has 1 unspecified atom stereocenters. The average molecular weight is 259 g/mol. The van der Waals surface area contributed by atoms with Crippen LogP contribution in [-0.2, 0) is 10.3 Å². The second kappa shape index (κ2) is 5.99. The number of aromatic nitrogens is 2. The highest BCUT2D eigenvalue weighted by Crippen LogP contribution is 2.31. The summed E-state index contributed by atoms with van der Waals surface area (Å²) in [6, 6.07) is 12.2. The summed E-state index contributed by atoms with van der Waals surface area (Å²) in [7, 11) is 4.08. The van der Waals surface area contributed by atoms with Crippen molar-refractivity contribution >= 4 is 0 Å². The third-order valence-electron chi connectivity index (χ3n) is 3.27. The van der Waals surface area contributed by atoms with Gasteiger partial charge in [-0.3, -0.25) is 5.10 Å². The fourth-order valence-corrected chi connectivity index (χ4v) is 2.03. The minimum atomic E-state index is -0.492. The lowest BCUT2D eigenvalue weighted by molar-refractivity contribution is -0.0131. The molecule has 0 aliphatic carbocycles. The zero-order valence-corrected chi connectivity index (χ0v) is 11.8. The van der Waals surface area contributed by atoms with Gasteiger partial charge in [-0.1, -0.05) is 30.3 Å². The van der Waals surface area contributed by atoms with Gasteiger partial charge >= 0.3 is 0 Å². The van der Waals surface area contributed by atoms with Gasteiger partial charge < -0.3 is 9.64 Å². The SMILES string of the molecule is CN(C)CCOC(C)(c1ccccc1)c1ccn[nH]1. The number of hydrogen-bond donors (Lipinski definition) is 1. The van der Waals surface area contributed by atoms with Crippen LogP contribution in [0.2, 0.25) is 0 Å². The van der Waals surface area contributed by atoms with Crippen LogP contribution in [-0.4, -0.2) is 42.3 Å². The fourth-order valence-electron chi connectivity index (χ4n) is 2.03. The zero-order valence-electron chi connectivity index (χ0n) is 11.8. The zero-order chi connectivity index (χ0) is 13.7. The van der Waals surface area contributed by atoms with E-state index in [4.69, 9.17) is 4.74 Å². The Hall–Kier alpha value is -1.65. The molecular weight excluding hydrogens is 238 g/mol. The van der Waals surface area contributed by atoms with Gasteiger partial charge in [-0.15, -0.1) is 0 Å². The molecule has 1 atom stereocenters. The number of hydrogen-bond acceptors (Lipinski definition) is 3. The number of rotatable bonds is 6. The van der Waals surface area contributed by atoms with Crippen LogP contribution in [0.3, 0.4) is 0 Å². The third-order valence-corrected chi connectivity index (χ3v) is 3.27. The first kappa shape index (κ1) is 13.8. The van der Waals surface area contributed by atoms with Crippen molar-refractivity contribution < 1.29 is 4.74 Å². The van der Waals surface area contributed by atoms with Crippen molar-refractivity contribution in [3.8, 4) is 0 Å². The van der Waals surface area contributed by atoms with Crippen molar-refractivity contribution in [3.63, 3.8) is 0 Å². The van der Waals surface area contributed by atoms with Crippen LogP contribution in [0.25, 0.3) is 0 Å². The van der Waals surface area contributed by atoms with E-state index in [0.717, 1.165) is 17.8 Å². The summed E-state index contributed by atoms with van der Waals surface area (Å²) in [6.45, 7) is 3.62. The molecule has 1 aromatic carbocycles. The molecule has 0 aliphatic heterocycles. The Labute approximate surface area is 114 Å². The first-order chi connectivity index (χ1) is 9.13. The van der Waals surface area contributed by atoms with Crippen molar-refractivity contribution in [3.05, 3.63) is 53.9 Å². The standard InChI is InChI=1S/C15H21N3O/c1-15(14-9-10-16-17-14,19-12-11-18(2)3)13-7-5-4-6-8-13/h4-10H,11-12H2,1-3H3,(H,16,17). The molecule has 0 amide bonds. The Morgan fingerprint density at radius 2 is 1.95 bits per heavy atom. The van der Waals surface area contributed by atoms with Crippen LogP contribution in [0.4, 0.5) is 0 Å². The van der Waals surface area contributed by atoms with E-state index < -0.39 is 5.60 Å². The molecule has 2 rings (SSSR count). The van der Waals surface area contributed by atoms with Gasteiger partial charge in [0.1, 0.15) is 5.60 Å². The van der Waals surface area contributed by atoms with Gasteiger partial charge in [-0.2, -0.15) is 5.10 Å². The van der Waals surface area contributed by atoms with E-state index in [1.54, 1.807) is 6.20 Å². The van der Waals surface area contributed by atoms with E-state index in [-0.39, 0.29) is 0 Å². The van der Waals surface area contributed by atoms with Gasteiger partial charge in [0.15, 0.2) is 0 Å². The van der Waals surface area contributed by atoms with E-state index in [1.807, 2.05) is 38.4 Å². The van der Waals surface area contributed by atoms with Gasteiger partial charge in [0.05, 0.1) is 12.3 Å². The molecule has 19 heavy (non-hydrogen) atoms. The summed E-state index contributed by atoms with van der Waals surface area (Å²) < 4.78 is 6.16. The van der Waals surface area contributed by atoms with Gasteiger partial charge in [0, 0.05) is 12.7 Å². The molecule has 4 nitrogen and oxygen atoms in total. The summed E-state index contributed by atoms with van der Waals surface area (Å²) in [5.41, 5.74) is 1.60. The molecule has 1 heterocycles. The van der Waals surface area contributed by atoms with E-state index in [1.165, 1.54) is 0 Å². The normalized spacial score (nSPS) is 14.5. The topological polar surface area (TPSA) is 41.1 Å². The third kappa shape index (κ3) is 3.22. The van der Waals surface area contributed by atoms with Crippen LogP contribution in [0, 0.1) is 0 Å². The van der Waals surface area contributed by atoms with Crippen LogP contribution in [0.15, 0.2) is 42.6 Å². The number of nitrogens with one attached hydrogen (secondary N) is 1. The summed E-state index contributed by atoms with van der Waals surface area (Å²) >= 11 is 0. The fraction of sp³-hybridized carbons (Fsp3) is 0.400. The number of benzene rings is 1. The monoisotopic (exact) mass is 259 g/mol. The minimum Gasteiger partial charge on any atom is -0.363 e. The molecule has 102 valence electrons. The largest absolute Gasteiger partial charge is 0.363 e. The van der Waals surface area contributed by atoms with Crippen LogP contribution >= 0.6 is 0 Å². The van der Waals surface area contributed by atoms with Gasteiger partial charge in [-0.05, 0) is 32.6 Å². The van der Waals surface area contributed by atoms with Crippen molar-refractivity contribution in [1.82, 2.24) is 15.1 Å². The Balaban J connectivity index is 2.24. The van der Waals surface area contributed by atoms with E-state index in [0.29, 0.717) is 6.61 Å². The van der Waals surface area contributed by atoms with Crippen molar-refractivity contribution in [2.45, 2.75) is 12.5 Å². The van der Waals surface area contributed by atoms with Crippen molar-refractivity contribution in [2.24, 2.45) is 0 Å². The maximum absolute atomic E-state index is 6.16. The number of H-pyrrole nitrogens is 1. The molecule has 0 saturated carbocycles. The smallest absolute Gasteiger partial charge is 0.132 e. The second-order valence-corrected chi connectivity index (χ2v) is 5.02. The molecule has 0 saturated heterocycles. The van der Waals surface area contributed by atoms with Gasteiger partial charge in [0.2, 0.25) is 0 Å². The van der Waals surface area contributed by atoms with Gasteiger partial charge in [-0.25, -0.2) is 0 Å². The molecule has 0 bridgehead atoms. The van der Waals surface area contributed by atoms with Crippen LogP contribution in [0.1, 0.15) is 18.2 Å². The number of aromatic amines is 1. The van der Waals surface area contributed by atoms with E-state index in [2.05, 4.69) is 34.2 Å². The number of ether oxygens (including phenoxy) is 1. The van der Waals surface area contributed by atoms with E-state index in [9.17, 15) is 0 Å². The first-order valence-corrected chi connectivity index (χ1v) is 6.47. The van der Waals surface area contributed by atoms with E-state index >= 15 is 0 Å². The highest BCUT2D eigenvalue weighted by atomic mass is 16.5. The second-order valence-electron chi connectivity index (χ2n) is 5.02. The molecule has 1 N–H and O–H groups in total. The van der Waals surface area contributed by atoms with Crippen molar-refractivity contribution in [1.29, 1.82) is 0 Å². The quantitative estimate of drug-likeness (QED) is 0.865. The Bertz CT molecular complexity index is 481. The lowest BCUT2D eigenvalue weighted by atomic mass is 9.92. The number of likely N-dealkylation sites (N-methyl/N-ethyl adjacent to an activating group) is 1. The molecule has 4 heteroatoms. The average Bonchev–Trinajstić information content (AvgIpc) is 2.93. The highest BCUT2D eigenvalue weighted by Gasteiger charge is 2.31.